The zero-order valence-corrected chi connectivity index (χ0v) is 7.97. The molecule has 0 saturated carbocycles. The number of anilines is 1. The first-order chi connectivity index (χ1) is 6.84. The maximum Gasteiger partial charge on any atom is 0.418 e. The molecule has 0 fully saturated rings. The molecule has 15 heavy (non-hydrogen) atoms. The molecule has 0 unspecified atom stereocenters. The molecule has 0 heterocycles. The fourth-order valence-electron chi connectivity index (χ4n) is 1.14. The van der Waals surface area contributed by atoms with E-state index in [1.807, 2.05) is 0 Å². The minimum absolute atomic E-state index is 0.127. The zero-order chi connectivity index (χ0) is 11.6. The maximum atomic E-state index is 12.5. The van der Waals surface area contributed by atoms with Crippen molar-refractivity contribution in [1.82, 2.24) is 0 Å². The van der Waals surface area contributed by atoms with Crippen LogP contribution in [0.5, 0.6) is 0 Å². The lowest BCUT2D eigenvalue weighted by atomic mass is 10.1. The van der Waals surface area contributed by atoms with Crippen molar-refractivity contribution in [2.24, 2.45) is 5.73 Å². The minimum atomic E-state index is -4.44. The lowest BCUT2D eigenvalue weighted by Gasteiger charge is -2.21. The van der Waals surface area contributed by atoms with E-state index in [1.165, 1.54) is 25.2 Å². The molecule has 6 heteroatoms. The van der Waals surface area contributed by atoms with Crippen molar-refractivity contribution >= 4 is 11.6 Å². The number of guanidine groups is 1. The van der Waals surface area contributed by atoms with E-state index in [0.717, 1.165) is 11.0 Å². The Bertz CT molecular complexity index is 373. The van der Waals surface area contributed by atoms with Crippen LogP contribution < -0.4 is 10.6 Å². The first-order valence-electron chi connectivity index (χ1n) is 4.08. The molecule has 0 aliphatic carbocycles. The number of benzene rings is 1. The third-order valence-corrected chi connectivity index (χ3v) is 1.93. The lowest BCUT2D eigenvalue weighted by Crippen LogP contribution is -2.34. The van der Waals surface area contributed by atoms with Crippen molar-refractivity contribution < 1.29 is 13.2 Å². The highest BCUT2D eigenvalue weighted by atomic mass is 19.4. The summed E-state index contributed by atoms with van der Waals surface area (Å²) in [6.45, 7) is 0. The van der Waals surface area contributed by atoms with Gasteiger partial charge in [0.15, 0.2) is 5.96 Å². The van der Waals surface area contributed by atoms with E-state index in [2.05, 4.69) is 0 Å². The average molecular weight is 217 g/mol. The van der Waals surface area contributed by atoms with E-state index in [-0.39, 0.29) is 5.69 Å². The van der Waals surface area contributed by atoms with E-state index < -0.39 is 17.7 Å². The fourth-order valence-corrected chi connectivity index (χ4v) is 1.14. The molecule has 0 aliphatic rings. The third-order valence-electron chi connectivity index (χ3n) is 1.93. The van der Waals surface area contributed by atoms with Crippen LogP contribution >= 0.6 is 0 Å². The normalized spacial score (nSPS) is 11.2. The number of hydrogen-bond donors (Lipinski definition) is 2. The predicted molar refractivity (Wildman–Crippen MR) is 51.8 cm³/mol. The molecular weight excluding hydrogens is 207 g/mol. The van der Waals surface area contributed by atoms with E-state index in [9.17, 15) is 13.2 Å². The molecule has 0 amide bonds. The van der Waals surface area contributed by atoms with Crippen molar-refractivity contribution in [2.45, 2.75) is 6.18 Å². The van der Waals surface area contributed by atoms with Gasteiger partial charge >= 0.3 is 6.18 Å². The summed E-state index contributed by atoms with van der Waals surface area (Å²) >= 11 is 0. The maximum absolute atomic E-state index is 12.5. The first-order valence-corrected chi connectivity index (χ1v) is 4.08. The number of para-hydroxylation sites is 1. The van der Waals surface area contributed by atoms with Crippen LogP contribution in [0.4, 0.5) is 18.9 Å². The molecular formula is C9H10F3N3. The van der Waals surface area contributed by atoms with Gasteiger partial charge < -0.3 is 10.6 Å². The van der Waals surface area contributed by atoms with Crippen molar-refractivity contribution in [3.8, 4) is 0 Å². The average Bonchev–Trinajstić information content (AvgIpc) is 2.15. The van der Waals surface area contributed by atoms with E-state index >= 15 is 0 Å². The highest BCUT2D eigenvalue weighted by Gasteiger charge is 2.34. The van der Waals surface area contributed by atoms with Crippen LogP contribution in [0.25, 0.3) is 0 Å². The Hall–Kier alpha value is -1.72. The van der Waals surface area contributed by atoms with Crippen LogP contribution in [0.3, 0.4) is 0 Å². The minimum Gasteiger partial charge on any atom is -0.370 e. The van der Waals surface area contributed by atoms with Gasteiger partial charge in [0.05, 0.1) is 11.3 Å². The van der Waals surface area contributed by atoms with E-state index in [0.29, 0.717) is 0 Å². The van der Waals surface area contributed by atoms with Gasteiger partial charge in [-0.25, -0.2) is 0 Å². The Morgan fingerprint density at radius 1 is 1.33 bits per heavy atom. The van der Waals surface area contributed by atoms with Gasteiger partial charge in [-0.05, 0) is 12.1 Å². The predicted octanol–water partition coefficient (Wildman–Crippen LogP) is 2.04. The molecule has 82 valence electrons. The van der Waals surface area contributed by atoms with Gasteiger partial charge in [-0.3, -0.25) is 5.41 Å². The van der Waals surface area contributed by atoms with Gasteiger partial charge in [0, 0.05) is 7.05 Å². The van der Waals surface area contributed by atoms with Gasteiger partial charge in [-0.2, -0.15) is 13.2 Å². The number of nitrogens with one attached hydrogen (secondary N) is 1. The van der Waals surface area contributed by atoms with Gasteiger partial charge in [-0.15, -0.1) is 0 Å². The number of hydrogen-bond acceptors (Lipinski definition) is 1. The summed E-state index contributed by atoms with van der Waals surface area (Å²) in [5.41, 5.74) is 4.19. The molecule has 0 saturated heterocycles. The van der Waals surface area contributed by atoms with Crippen LogP contribution in [0, 0.1) is 5.41 Å². The summed E-state index contributed by atoms with van der Waals surface area (Å²) in [6, 6.07) is 4.98. The second-order valence-electron chi connectivity index (χ2n) is 2.96. The summed E-state index contributed by atoms with van der Waals surface area (Å²) in [7, 11) is 1.31. The summed E-state index contributed by atoms with van der Waals surface area (Å²) in [4.78, 5) is 0.975. The van der Waals surface area contributed by atoms with Crippen LogP contribution in [-0.4, -0.2) is 13.0 Å². The number of alkyl halides is 3. The molecule has 3 nitrogen and oxygen atoms in total. The van der Waals surface area contributed by atoms with Crippen molar-refractivity contribution in [1.29, 1.82) is 5.41 Å². The molecule has 0 spiro atoms. The highest BCUT2D eigenvalue weighted by molar-refractivity contribution is 5.92. The Morgan fingerprint density at radius 3 is 2.33 bits per heavy atom. The van der Waals surface area contributed by atoms with Gasteiger partial charge in [0.1, 0.15) is 0 Å². The Morgan fingerprint density at radius 2 is 1.87 bits per heavy atom. The standard InChI is InChI=1S/C9H10F3N3/c1-15(8(13)14)7-5-3-2-4-6(7)9(10,11)12/h2-5H,1H3,(H3,13,14). The summed E-state index contributed by atoms with van der Waals surface area (Å²) in [5.74, 6) is -0.438. The quantitative estimate of drug-likeness (QED) is 0.558. The smallest absolute Gasteiger partial charge is 0.370 e. The molecule has 0 bridgehead atoms. The van der Waals surface area contributed by atoms with Crippen LogP contribution in [-0.2, 0) is 6.18 Å². The number of nitrogens with two attached hydrogens (primary N) is 1. The topological polar surface area (TPSA) is 53.1 Å². The second-order valence-corrected chi connectivity index (χ2v) is 2.96. The summed E-state index contributed by atoms with van der Waals surface area (Å²) < 4.78 is 37.6. The van der Waals surface area contributed by atoms with E-state index in [4.69, 9.17) is 11.1 Å². The zero-order valence-electron chi connectivity index (χ0n) is 7.97. The fraction of sp³-hybridized carbons (Fsp3) is 0.222. The van der Waals surface area contributed by atoms with Gasteiger partial charge in [0.2, 0.25) is 0 Å². The van der Waals surface area contributed by atoms with Crippen LogP contribution in [0.2, 0.25) is 0 Å². The first kappa shape index (κ1) is 11.4. The molecule has 1 rings (SSSR count). The summed E-state index contributed by atoms with van der Waals surface area (Å²) in [6.07, 6.45) is -4.44. The van der Waals surface area contributed by atoms with Gasteiger partial charge in [0.25, 0.3) is 0 Å². The number of rotatable bonds is 1. The molecule has 1 aromatic rings. The lowest BCUT2D eigenvalue weighted by molar-refractivity contribution is -0.137. The number of halogens is 3. The molecule has 0 aliphatic heterocycles. The molecule has 3 N–H and O–H groups in total. The Labute approximate surface area is 84.8 Å². The number of nitrogens with zero attached hydrogens (tertiary/aromatic N) is 1. The molecule has 0 radical (unpaired) electrons. The van der Waals surface area contributed by atoms with E-state index in [1.54, 1.807) is 0 Å². The van der Waals surface area contributed by atoms with Gasteiger partial charge in [-0.1, -0.05) is 12.1 Å². The molecule has 0 atom stereocenters. The van der Waals surface area contributed by atoms with Crippen molar-refractivity contribution in [3.05, 3.63) is 29.8 Å². The SMILES string of the molecule is CN(C(=N)N)c1ccccc1C(F)(F)F. The third kappa shape index (κ3) is 2.39. The molecule has 1 aromatic carbocycles. The van der Waals surface area contributed by atoms with Crippen molar-refractivity contribution in [2.75, 3.05) is 11.9 Å². The molecule has 0 aromatic heterocycles. The Balaban J connectivity index is 3.24. The van der Waals surface area contributed by atoms with Crippen molar-refractivity contribution in [3.63, 3.8) is 0 Å². The monoisotopic (exact) mass is 217 g/mol. The summed E-state index contributed by atoms with van der Waals surface area (Å²) in [5, 5.41) is 7.08. The second kappa shape index (κ2) is 3.80. The largest absolute Gasteiger partial charge is 0.418 e. The van der Waals surface area contributed by atoms with Crippen LogP contribution in [0.1, 0.15) is 5.56 Å². The Kier molecular flexibility index (Phi) is 2.88. The highest BCUT2D eigenvalue weighted by Crippen LogP contribution is 2.35. The van der Waals surface area contributed by atoms with Crippen LogP contribution in [0.15, 0.2) is 24.3 Å².